The fourth-order valence-electron chi connectivity index (χ4n) is 7.95. The molecule has 0 saturated carbocycles. The second kappa shape index (κ2) is 12.0. The van der Waals surface area contributed by atoms with Gasteiger partial charge in [-0.3, -0.25) is 24.2 Å². The van der Waals surface area contributed by atoms with Gasteiger partial charge >= 0.3 is 6.09 Å². The van der Waals surface area contributed by atoms with Crippen molar-refractivity contribution in [1.82, 2.24) is 20.4 Å². The number of piperazine rings is 1. The molecule has 5 rings (SSSR count). The number of ketones is 2. The van der Waals surface area contributed by atoms with Gasteiger partial charge in [0.05, 0.1) is 25.3 Å². The highest BCUT2D eigenvalue weighted by molar-refractivity contribution is 6.25. The van der Waals surface area contributed by atoms with Crippen molar-refractivity contribution in [3.05, 3.63) is 50.6 Å². The topological polar surface area (TPSA) is 141 Å². The minimum absolute atomic E-state index is 0.0236. The first-order chi connectivity index (χ1) is 21.5. The van der Waals surface area contributed by atoms with E-state index in [0.717, 1.165) is 28.0 Å². The smallest absolute Gasteiger partial charge is 0.408 e. The Balaban J connectivity index is 1.58. The zero-order chi connectivity index (χ0) is 34.0. The van der Waals surface area contributed by atoms with Crippen LogP contribution in [0.25, 0.3) is 0 Å². The molecule has 3 aliphatic heterocycles. The van der Waals surface area contributed by atoms with Crippen LogP contribution in [0.1, 0.15) is 76.3 Å². The maximum absolute atomic E-state index is 13.9. The Morgan fingerprint density at radius 1 is 1.09 bits per heavy atom. The monoisotopic (exact) mass is 631 g/mol. The minimum atomic E-state index is -0.931. The van der Waals surface area contributed by atoms with Crippen molar-refractivity contribution in [2.45, 2.75) is 110 Å². The van der Waals surface area contributed by atoms with E-state index in [2.05, 4.69) is 39.5 Å². The van der Waals surface area contributed by atoms with Gasteiger partial charge in [-0.15, -0.1) is 0 Å². The molecule has 11 nitrogen and oxygen atoms in total. The summed E-state index contributed by atoms with van der Waals surface area (Å²) >= 11 is 0. The molecule has 1 fully saturated rings. The molecule has 2 amide bonds. The normalized spacial score (nSPS) is 26.8. The molecule has 11 heteroatoms. The van der Waals surface area contributed by atoms with Crippen LogP contribution in [0.5, 0.6) is 5.75 Å². The Labute approximate surface area is 270 Å². The van der Waals surface area contributed by atoms with E-state index < -0.39 is 35.7 Å². The highest BCUT2D eigenvalue weighted by Crippen LogP contribution is 2.51. The van der Waals surface area contributed by atoms with Crippen molar-refractivity contribution in [3.63, 3.8) is 0 Å². The summed E-state index contributed by atoms with van der Waals surface area (Å²) in [6.07, 6.45) is 0.196. The van der Waals surface area contributed by atoms with E-state index in [1.807, 2.05) is 14.0 Å². The second-order valence-electron chi connectivity index (χ2n) is 14.0. The van der Waals surface area contributed by atoms with Crippen LogP contribution in [0.15, 0.2) is 28.4 Å². The van der Waals surface area contributed by atoms with Crippen molar-refractivity contribution in [2.24, 2.45) is 0 Å². The van der Waals surface area contributed by atoms with Crippen LogP contribution in [0.4, 0.5) is 4.79 Å². The predicted octanol–water partition coefficient (Wildman–Crippen LogP) is 3.37. The van der Waals surface area contributed by atoms with E-state index in [0.29, 0.717) is 35.1 Å². The summed E-state index contributed by atoms with van der Waals surface area (Å²) < 4.78 is 11.1. The van der Waals surface area contributed by atoms with Crippen molar-refractivity contribution in [2.75, 3.05) is 20.7 Å². The largest absolute Gasteiger partial charge is 0.496 e. The lowest BCUT2D eigenvalue weighted by molar-refractivity contribution is -0.124. The Hall–Kier alpha value is -4.01. The zero-order valence-electron chi connectivity index (χ0n) is 28.5. The van der Waals surface area contributed by atoms with Crippen LogP contribution in [-0.4, -0.2) is 89.9 Å². The van der Waals surface area contributed by atoms with E-state index in [9.17, 15) is 24.4 Å². The fraction of sp³-hybridized carbons (Fsp3) is 0.571. The molecule has 246 valence electrons. The number of amides is 2. The molecule has 46 heavy (non-hydrogen) atoms. The average Bonchev–Trinajstić information content (AvgIpc) is 2.97. The number of nitrogens with zero attached hydrogens (tertiary/aromatic N) is 3. The molecule has 1 aromatic carbocycles. The van der Waals surface area contributed by atoms with Gasteiger partial charge in [-0.25, -0.2) is 4.79 Å². The predicted molar refractivity (Wildman–Crippen MR) is 171 cm³/mol. The Morgan fingerprint density at radius 3 is 2.35 bits per heavy atom. The van der Waals surface area contributed by atoms with Gasteiger partial charge in [0.15, 0.2) is 11.6 Å². The van der Waals surface area contributed by atoms with Crippen molar-refractivity contribution in [1.29, 1.82) is 5.26 Å². The number of likely N-dealkylation sites (N-methyl/N-ethyl adjacent to an activating group) is 1. The number of fused-ring (bicyclic) bond motifs is 6. The summed E-state index contributed by atoms with van der Waals surface area (Å²) in [5.74, 6) is -0.0729. The third kappa shape index (κ3) is 5.41. The summed E-state index contributed by atoms with van der Waals surface area (Å²) in [6.45, 7) is 14.1. The number of aryl methyl sites for hydroxylation is 1. The van der Waals surface area contributed by atoms with Crippen molar-refractivity contribution >= 4 is 23.6 Å². The maximum Gasteiger partial charge on any atom is 0.408 e. The van der Waals surface area contributed by atoms with E-state index in [4.69, 9.17) is 9.47 Å². The third-order valence-corrected chi connectivity index (χ3v) is 10.1. The fourth-order valence-corrected chi connectivity index (χ4v) is 7.95. The third-order valence-electron chi connectivity index (χ3n) is 10.1. The molecule has 0 unspecified atom stereocenters. The van der Waals surface area contributed by atoms with Crippen LogP contribution >= 0.6 is 0 Å². The van der Waals surface area contributed by atoms with Gasteiger partial charge in [-0.2, -0.15) is 5.26 Å². The number of methoxy groups -OCH3 is 1. The number of carbonyl (C=O) groups excluding carboxylic acids is 4. The van der Waals surface area contributed by atoms with Gasteiger partial charge in [0, 0.05) is 40.9 Å². The molecule has 1 saturated heterocycles. The van der Waals surface area contributed by atoms with Gasteiger partial charge in [-0.05, 0) is 97.5 Å². The van der Waals surface area contributed by atoms with E-state index >= 15 is 0 Å². The molecule has 0 aromatic heterocycles. The first kappa shape index (κ1) is 33.4. The molecule has 6 atom stereocenters. The van der Waals surface area contributed by atoms with Gasteiger partial charge in [0.2, 0.25) is 5.91 Å². The number of ether oxygens (including phenoxy) is 2. The van der Waals surface area contributed by atoms with Gasteiger partial charge < -0.3 is 20.1 Å². The summed E-state index contributed by atoms with van der Waals surface area (Å²) in [6, 6.07) is 1.69. The number of benzene rings is 1. The standard InChI is InChI=1S/C35H45N5O6/c1-16-11-21-12-23-25(14-36)40-24(29(39(23)9)27(21)19(4)32(16)45-10)13-22-28(31(42)18(3)17(2)30(22)41)26(40)15-37-33(43)20(5)38-34(44)46-35(6,7)8/h11,20,23-26,29H,12-13,15H2,1-10H3,(H,37,43)(H,38,44)/t20-,23-,24-,25-,26-,29-/m0/s1. The van der Waals surface area contributed by atoms with Crippen LogP contribution in [0.3, 0.4) is 0 Å². The summed E-state index contributed by atoms with van der Waals surface area (Å²) in [5, 5.41) is 16.2. The molecular formula is C35H45N5O6. The first-order valence-corrected chi connectivity index (χ1v) is 15.8. The highest BCUT2D eigenvalue weighted by Gasteiger charge is 2.57. The van der Waals surface area contributed by atoms with Crippen molar-refractivity contribution in [3.8, 4) is 11.8 Å². The van der Waals surface area contributed by atoms with Gasteiger partial charge in [0.25, 0.3) is 0 Å². The molecule has 1 aliphatic carbocycles. The lowest BCUT2D eigenvalue weighted by atomic mass is 9.68. The molecule has 3 heterocycles. The van der Waals surface area contributed by atoms with Crippen LogP contribution in [-0.2, 0) is 25.5 Å². The molecule has 2 N–H and O–H groups in total. The maximum atomic E-state index is 13.9. The number of alkyl carbamates (subject to hydrolysis) is 1. The molecule has 0 spiro atoms. The average molecular weight is 632 g/mol. The minimum Gasteiger partial charge on any atom is -0.496 e. The Bertz CT molecular complexity index is 1630. The highest BCUT2D eigenvalue weighted by atomic mass is 16.6. The van der Waals surface area contributed by atoms with Gasteiger partial charge in [0.1, 0.15) is 23.4 Å². The van der Waals surface area contributed by atoms with Crippen LogP contribution in [0, 0.1) is 25.2 Å². The number of Topliss-reactive ketones (excluding diaryl/α,β-unsaturated/α-hetero) is 2. The van der Waals surface area contributed by atoms with Crippen molar-refractivity contribution < 1.29 is 28.7 Å². The second-order valence-corrected chi connectivity index (χ2v) is 14.0. The summed E-state index contributed by atoms with van der Waals surface area (Å²) in [7, 11) is 3.69. The number of hydrogen-bond donors (Lipinski definition) is 2. The lowest BCUT2D eigenvalue weighted by Crippen LogP contribution is -2.71. The Kier molecular flexibility index (Phi) is 8.68. The zero-order valence-corrected chi connectivity index (χ0v) is 28.5. The number of nitrogens with one attached hydrogen (secondary N) is 2. The first-order valence-electron chi connectivity index (χ1n) is 15.8. The van der Waals surface area contributed by atoms with Gasteiger partial charge in [-0.1, -0.05) is 6.07 Å². The molecule has 4 aliphatic rings. The SMILES string of the molecule is COc1c(C)cc2c(c1C)[C@@H]1[C@@H]3CC4=C(C(=O)C(C)=C(C)C4=O)[C@H](CNC(=O)[C@H](C)NC(=O)OC(C)(C)C)N3[C@@H](C#N)[C@H](C2)N1C. The number of rotatable bonds is 5. The summed E-state index contributed by atoms with van der Waals surface area (Å²) in [4.78, 5) is 57.8. The Morgan fingerprint density at radius 2 is 1.74 bits per heavy atom. The number of allylic oxidation sites excluding steroid dienone is 2. The number of nitriles is 1. The molecule has 0 radical (unpaired) electrons. The van der Waals surface area contributed by atoms with Crippen LogP contribution in [0.2, 0.25) is 0 Å². The van der Waals surface area contributed by atoms with E-state index in [1.54, 1.807) is 48.7 Å². The molecule has 1 aromatic rings. The molecular weight excluding hydrogens is 586 g/mol. The number of hydrogen-bond acceptors (Lipinski definition) is 9. The number of carbonyl (C=O) groups is 4. The van der Waals surface area contributed by atoms with Crippen LogP contribution < -0.4 is 15.4 Å². The van der Waals surface area contributed by atoms with E-state index in [1.165, 1.54) is 0 Å². The quantitative estimate of drug-likeness (QED) is 0.468. The molecule has 2 bridgehead atoms. The lowest BCUT2D eigenvalue weighted by Gasteiger charge is -2.60. The summed E-state index contributed by atoms with van der Waals surface area (Å²) in [5.41, 5.74) is 5.19. The van der Waals surface area contributed by atoms with E-state index in [-0.39, 0.29) is 36.2 Å².